The quantitative estimate of drug-likeness (QED) is 0.363. The van der Waals surface area contributed by atoms with Crippen molar-refractivity contribution in [3.63, 3.8) is 0 Å². The SMILES string of the molecule is N=CC(O)CO.O=C(O)CCC(=O)O. The summed E-state index contributed by atoms with van der Waals surface area (Å²) in [6, 6.07) is 0. The van der Waals surface area contributed by atoms with E-state index in [1.165, 1.54) is 0 Å². The summed E-state index contributed by atoms with van der Waals surface area (Å²) < 4.78 is 0. The number of rotatable bonds is 5. The minimum absolute atomic E-state index is 0.296. The Bertz CT molecular complexity index is 179. The molecule has 14 heavy (non-hydrogen) atoms. The summed E-state index contributed by atoms with van der Waals surface area (Å²) >= 11 is 0. The van der Waals surface area contributed by atoms with Crippen molar-refractivity contribution in [2.75, 3.05) is 6.61 Å². The van der Waals surface area contributed by atoms with Crippen LogP contribution in [-0.2, 0) is 9.59 Å². The Balaban J connectivity index is 0. The molecule has 0 aliphatic heterocycles. The van der Waals surface area contributed by atoms with Gasteiger partial charge in [-0.1, -0.05) is 0 Å². The Kier molecular flexibility index (Phi) is 10.3. The van der Waals surface area contributed by atoms with E-state index in [-0.39, 0.29) is 19.4 Å². The summed E-state index contributed by atoms with van der Waals surface area (Å²) in [5.41, 5.74) is 0. The highest BCUT2D eigenvalue weighted by Gasteiger charge is 2.00. The van der Waals surface area contributed by atoms with E-state index in [1.807, 2.05) is 0 Å². The minimum Gasteiger partial charge on any atom is -0.481 e. The lowest BCUT2D eigenvalue weighted by Crippen LogP contribution is -2.11. The van der Waals surface area contributed by atoms with Gasteiger partial charge in [-0.2, -0.15) is 0 Å². The molecule has 0 aliphatic carbocycles. The van der Waals surface area contributed by atoms with Crippen molar-refractivity contribution in [2.24, 2.45) is 0 Å². The predicted molar refractivity (Wildman–Crippen MR) is 46.4 cm³/mol. The Hall–Kier alpha value is -1.47. The maximum Gasteiger partial charge on any atom is 0.303 e. The molecule has 0 fully saturated rings. The molecule has 82 valence electrons. The van der Waals surface area contributed by atoms with Crippen molar-refractivity contribution < 1.29 is 30.0 Å². The van der Waals surface area contributed by atoms with Crippen molar-refractivity contribution in [3.05, 3.63) is 0 Å². The van der Waals surface area contributed by atoms with Crippen molar-refractivity contribution in [3.8, 4) is 0 Å². The largest absolute Gasteiger partial charge is 0.481 e. The topological polar surface area (TPSA) is 139 Å². The highest BCUT2D eigenvalue weighted by Crippen LogP contribution is 1.86. The molecule has 0 aromatic carbocycles. The summed E-state index contributed by atoms with van der Waals surface area (Å²) in [7, 11) is 0. The summed E-state index contributed by atoms with van der Waals surface area (Å²) in [5, 5.41) is 38.2. The Morgan fingerprint density at radius 2 is 1.57 bits per heavy atom. The molecule has 5 N–H and O–H groups in total. The molecule has 0 amide bonds. The lowest BCUT2D eigenvalue weighted by Gasteiger charge is -1.91. The zero-order valence-corrected chi connectivity index (χ0v) is 7.38. The Labute approximate surface area is 80.1 Å². The monoisotopic (exact) mass is 207 g/mol. The number of carboxylic acids is 2. The first-order valence-electron chi connectivity index (χ1n) is 3.67. The van der Waals surface area contributed by atoms with E-state index in [2.05, 4.69) is 0 Å². The standard InChI is InChI=1S/C4H6O4.C3H7NO2/c5-3(6)1-2-4(7)8;4-1-3(6)2-5/h1-2H2,(H,5,6)(H,7,8);1,3-6H,2H2. The van der Waals surface area contributed by atoms with Gasteiger partial charge in [-0.25, -0.2) is 0 Å². The van der Waals surface area contributed by atoms with Crippen molar-refractivity contribution in [1.29, 1.82) is 5.41 Å². The molecule has 1 unspecified atom stereocenters. The number of aliphatic hydroxyl groups excluding tert-OH is 2. The van der Waals surface area contributed by atoms with Crippen LogP contribution in [0.15, 0.2) is 0 Å². The number of aliphatic carboxylic acids is 2. The molecule has 0 aromatic rings. The van der Waals surface area contributed by atoms with Gasteiger partial charge in [-0.05, 0) is 0 Å². The molecule has 0 aromatic heterocycles. The Morgan fingerprint density at radius 1 is 1.21 bits per heavy atom. The van der Waals surface area contributed by atoms with E-state index in [4.69, 9.17) is 25.8 Å². The van der Waals surface area contributed by atoms with Gasteiger partial charge >= 0.3 is 11.9 Å². The van der Waals surface area contributed by atoms with E-state index < -0.39 is 18.0 Å². The van der Waals surface area contributed by atoms with Crippen LogP contribution in [0.2, 0.25) is 0 Å². The molecule has 0 spiro atoms. The first-order valence-corrected chi connectivity index (χ1v) is 3.67. The zero-order chi connectivity index (χ0) is 11.6. The van der Waals surface area contributed by atoms with Gasteiger partial charge < -0.3 is 25.8 Å². The molecule has 0 radical (unpaired) electrons. The van der Waals surface area contributed by atoms with Crippen LogP contribution in [-0.4, -0.2) is 51.3 Å². The second-order valence-electron chi connectivity index (χ2n) is 2.20. The summed E-state index contributed by atoms with van der Waals surface area (Å²) in [6.45, 7) is -0.358. The number of aliphatic hydroxyl groups is 2. The van der Waals surface area contributed by atoms with Gasteiger partial charge in [0.15, 0.2) is 0 Å². The molecule has 1 atom stereocenters. The number of hydrogen-bond acceptors (Lipinski definition) is 5. The molecule has 0 saturated heterocycles. The van der Waals surface area contributed by atoms with E-state index in [1.54, 1.807) is 0 Å². The molecule has 0 saturated carbocycles. The molecular weight excluding hydrogens is 194 g/mol. The van der Waals surface area contributed by atoms with Gasteiger partial charge in [0.05, 0.1) is 19.4 Å². The first-order chi connectivity index (χ1) is 6.43. The second-order valence-corrected chi connectivity index (χ2v) is 2.20. The average Bonchev–Trinajstić information content (AvgIpc) is 2.14. The number of carbonyl (C=O) groups is 2. The summed E-state index contributed by atoms with van der Waals surface area (Å²) in [5.74, 6) is -2.15. The summed E-state index contributed by atoms with van der Waals surface area (Å²) in [4.78, 5) is 19.3. The second kappa shape index (κ2) is 9.62. The third kappa shape index (κ3) is 16.9. The van der Waals surface area contributed by atoms with Gasteiger partial charge in [-0.3, -0.25) is 9.59 Å². The van der Waals surface area contributed by atoms with Crippen molar-refractivity contribution in [1.82, 2.24) is 0 Å². The zero-order valence-electron chi connectivity index (χ0n) is 7.38. The highest BCUT2D eigenvalue weighted by molar-refractivity contribution is 5.75. The number of hydrogen-bond donors (Lipinski definition) is 5. The maximum atomic E-state index is 9.64. The fourth-order valence-corrected chi connectivity index (χ4v) is 0.267. The molecular formula is C7H13NO6. The molecule has 0 bridgehead atoms. The van der Waals surface area contributed by atoms with E-state index >= 15 is 0 Å². The predicted octanol–water partition coefficient (Wildman–Crippen LogP) is -1.08. The fraction of sp³-hybridized carbons (Fsp3) is 0.571. The van der Waals surface area contributed by atoms with Crippen LogP contribution in [0.1, 0.15) is 12.8 Å². The van der Waals surface area contributed by atoms with E-state index in [9.17, 15) is 9.59 Å². The molecule has 0 aliphatic rings. The third-order valence-electron chi connectivity index (χ3n) is 0.932. The molecule has 0 rings (SSSR count). The normalized spacial score (nSPS) is 10.7. The van der Waals surface area contributed by atoms with Gasteiger partial charge in [0, 0.05) is 6.21 Å². The van der Waals surface area contributed by atoms with Crippen molar-refractivity contribution in [2.45, 2.75) is 18.9 Å². The minimum atomic E-state index is -1.08. The van der Waals surface area contributed by atoms with Crippen LogP contribution in [0.4, 0.5) is 0 Å². The van der Waals surface area contributed by atoms with Gasteiger partial charge in [0.25, 0.3) is 0 Å². The Morgan fingerprint density at radius 3 is 1.64 bits per heavy atom. The first kappa shape index (κ1) is 15.0. The van der Waals surface area contributed by atoms with Crippen LogP contribution in [0.25, 0.3) is 0 Å². The molecule has 0 heterocycles. The number of carboxylic acid groups (broad SMARTS) is 2. The lowest BCUT2D eigenvalue weighted by atomic mass is 10.3. The molecule has 7 nitrogen and oxygen atoms in total. The highest BCUT2D eigenvalue weighted by atomic mass is 16.4. The van der Waals surface area contributed by atoms with Crippen LogP contribution in [0.5, 0.6) is 0 Å². The van der Waals surface area contributed by atoms with Crippen molar-refractivity contribution >= 4 is 18.2 Å². The number of nitrogens with one attached hydrogen (secondary N) is 1. The van der Waals surface area contributed by atoms with E-state index in [0.29, 0.717) is 0 Å². The van der Waals surface area contributed by atoms with Crippen LogP contribution in [0.3, 0.4) is 0 Å². The van der Waals surface area contributed by atoms with Gasteiger partial charge in [0.1, 0.15) is 6.10 Å². The van der Waals surface area contributed by atoms with Crippen LogP contribution in [0, 0.1) is 5.41 Å². The van der Waals surface area contributed by atoms with Gasteiger partial charge in [-0.15, -0.1) is 0 Å². The molecule has 7 heteroatoms. The summed E-state index contributed by atoms with van der Waals surface area (Å²) in [6.07, 6.45) is -0.782. The lowest BCUT2D eigenvalue weighted by molar-refractivity contribution is -0.143. The van der Waals surface area contributed by atoms with Crippen LogP contribution >= 0.6 is 0 Å². The van der Waals surface area contributed by atoms with Crippen LogP contribution < -0.4 is 0 Å². The third-order valence-corrected chi connectivity index (χ3v) is 0.932. The maximum absolute atomic E-state index is 9.64. The fourth-order valence-electron chi connectivity index (χ4n) is 0.267. The van der Waals surface area contributed by atoms with Gasteiger partial charge in [0.2, 0.25) is 0 Å². The van der Waals surface area contributed by atoms with E-state index in [0.717, 1.165) is 6.21 Å². The smallest absolute Gasteiger partial charge is 0.303 e. The average molecular weight is 207 g/mol.